The minimum Gasteiger partial charge on any atom is -0.462 e. The molecule has 1 rings (SSSR count). The highest BCUT2D eigenvalue weighted by atomic mass is 35.5. The normalized spacial score (nSPS) is 10.0. The van der Waals surface area contributed by atoms with Crippen LogP contribution in [0.15, 0.2) is 12.1 Å². The minimum absolute atomic E-state index is 0.0653. The van der Waals surface area contributed by atoms with Crippen molar-refractivity contribution in [3.8, 4) is 0 Å². The van der Waals surface area contributed by atoms with Gasteiger partial charge in [-0.15, -0.1) is 0 Å². The fourth-order valence-electron chi connectivity index (χ4n) is 1.36. The summed E-state index contributed by atoms with van der Waals surface area (Å²) < 4.78 is 9.69. The van der Waals surface area contributed by atoms with Crippen molar-refractivity contribution < 1.29 is 19.1 Å². The predicted octanol–water partition coefficient (Wildman–Crippen LogP) is 3.35. The first-order chi connectivity index (χ1) is 8.52. The first kappa shape index (κ1) is 14.8. The fraction of sp³-hybridized carbons (Fsp3) is 0.333. The van der Waals surface area contributed by atoms with Gasteiger partial charge in [0.25, 0.3) is 0 Å². The van der Waals surface area contributed by atoms with Crippen LogP contribution in [0.1, 0.15) is 34.6 Å². The van der Waals surface area contributed by atoms with Gasteiger partial charge in [-0.1, -0.05) is 23.2 Å². The third-order valence-electron chi connectivity index (χ3n) is 2.06. The number of halogens is 2. The van der Waals surface area contributed by atoms with Gasteiger partial charge in [0.2, 0.25) is 0 Å². The molecule has 0 heterocycles. The van der Waals surface area contributed by atoms with Crippen LogP contribution in [0, 0.1) is 0 Å². The van der Waals surface area contributed by atoms with Gasteiger partial charge in [-0.05, 0) is 26.0 Å². The minimum atomic E-state index is -0.701. The Kier molecular flexibility index (Phi) is 5.44. The Labute approximate surface area is 115 Å². The summed E-state index contributed by atoms with van der Waals surface area (Å²) in [5.74, 6) is -1.40. The summed E-state index contributed by atoms with van der Waals surface area (Å²) in [5.41, 5.74) is -0.131. The van der Waals surface area contributed by atoms with E-state index < -0.39 is 11.9 Å². The molecule has 0 aliphatic rings. The van der Waals surface area contributed by atoms with E-state index in [2.05, 4.69) is 0 Å². The first-order valence-corrected chi connectivity index (χ1v) is 6.10. The van der Waals surface area contributed by atoms with Gasteiger partial charge in [0, 0.05) is 0 Å². The van der Waals surface area contributed by atoms with Gasteiger partial charge in [0.05, 0.1) is 34.4 Å². The van der Waals surface area contributed by atoms with Crippen LogP contribution < -0.4 is 0 Å². The SMILES string of the molecule is CCOC(=O)c1c(Cl)ccc(Cl)c1C(=O)OCC. The predicted molar refractivity (Wildman–Crippen MR) is 68.4 cm³/mol. The molecule has 0 saturated heterocycles. The van der Waals surface area contributed by atoms with Crippen LogP contribution in [0.5, 0.6) is 0 Å². The summed E-state index contributed by atoms with van der Waals surface area (Å²) in [7, 11) is 0. The van der Waals surface area contributed by atoms with E-state index in [-0.39, 0.29) is 34.4 Å². The Balaban J connectivity index is 3.33. The van der Waals surface area contributed by atoms with E-state index in [0.29, 0.717) is 0 Å². The number of benzene rings is 1. The Morgan fingerprint density at radius 3 is 1.56 bits per heavy atom. The molecular formula is C12H12Cl2O4. The van der Waals surface area contributed by atoms with Crippen molar-refractivity contribution in [3.05, 3.63) is 33.3 Å². The maximum atomic E-state index is 11.8. The van der Waals surface area contributed by atoms with E-state index in [4.69, 9.17) is 32.7 Å². The van der Waals surface area contributed by atoms with Gasteiger partial charge in [0.1, 0.15) is 0 Å². The van der Waals surface area contributed by atoms with Crippen molar-refractivity contribution in [2.45, 2.75) is 13.8 Å². The van der Waals surface area contributed by atoms with Gasteiger partial charge < -0.3 is 9.47 Å². The molecule has 0 bridgehead atoms. The Morgan fingerprint density at radius 2 is 1.28 bits per heavy atom. The second kappa shape index (κ2) is 6.61. The van der Waals surface area contributed by atoms with Crippen molar-refractivity contribution in [2.24, 2.45) is 0 Å². The molecule has 0 atom stereocenters. The lowest BCUT2D eigenvalue weighted by Crippen LogP contribution is -2.15. The lowest BCUT2D eigenvalue weighted by atomic mass is 10.1. The Morgan fingerprint density at radius 1 is 0.944 bits per heavy atom. The molecule has 0 fully saturated rings. The van der Waals surface area contributed by atoms with E-state index in [1.54, 1.807) is 13.8 Å². The van der Waals surface area contributed by atoms with Crippen molar-refractivity contribution in [2.75, 3.05) is 13.2 Å². The van der Waals surface area contributed by atoms with Crippen molar-refractivity contribution in [1.82, 2.24) is 0 Å². The molecule has 0 aromatic heterocycles. The largest absolute Gasteiger partial charge is 0.462 e. The van der Waals surface area contributed by atoms with Gasteiger partial charge >= 0.3 is 11.9 Å². The quantitative estimate of drug-likeness (QED) is 0.798. The van der Waals surface area contributed by atoms with Gasteiger partial charge in [-0.3, -0.25) is 0 Å². The molecule has 0 saturated carbocycles. The van der Waals surface area contributed by atoms with Crippen LogP contribution in [0.25, 0.3) is 0 Å². The van der Waals surface area contributed by atoms with Crippen molar-refractivity contribution >= 4 is 35.1 Å². The van der Waals surface area contributed by atoms with Crippen LogP contribution >= 0.6 is 23.2 Å². The number of carbonyl (C=O) groups is 2. The number of hydrogen-bond acceptors (Lipinski definition) is 4. The number of carbonyl (C=O) groups excluding carboxylic acids is 2. The highest BCUT2D eigenvalue weighted by Crippen LogP contribution is 2.28. The van der Waals surface area contributed by atoms with E-state index in [1.165, 1.54) is 12.1 Å². The first-order valence-electron chi connectivity index (χ1n) is 5.35. The second-order valence-electron chi connectivity index (χ2n) is 3.22. The standard InChI is InChI=1S/C12H12Cl2O4/c1-3-17-11(15)9-7(13)5-6-8(14)10(9)12(16)18-4-2/h5-6H,3-4H2,1-2H3. The molecule has 0 aliphatic heterocycles. The number of rotatable bonds is 4. The maximum absolute atomic E-state index is 11.8. The summed E-state index contributed by atoms with van der Waals surface area (Å²) in [6.07, 6.45) is 0. The molecule has 0 unspecified atom stereocenters. The Hall–Kier alpha value is -1.26. The molecule has 0 N–H and O–H groups in total. The molecule has 98 valence electrons. The molecule has 0 amide bonds. The van der Waals surface area contributed by atoms with E-state index in [0.717, 1.165) is 0 Å². The molecule has 0 radical (unpaired) electrons. The maximum Gasteiger partial charge on any atom is 0.340 e. The van der Waals surface area contributed by atoms with Crippen molar-refractivity contribution in [1.29, 1.82) is 0 Å². The average molecular weight is 291 g/mol. The monoisotopic (exact) mass is 290 g/mol. The van der Waals surface area contributed by atoms with Gasteiger partial charge in [-0.25, -0.2) is 9.59 Å². The molecule has 4 nitrogen and oxygen atoms in total. The summed E-state index contributed by atoms with van der Waals surface area (Å²) in [5, 5.41) is 0.196. The Bertz CT molecular complexity index is 428. The summed E-state index contributed by atoms with van der Waals surface area (Å²) >= 11 is 11.8. The van der Waals surface area contributed by atoms with Gasteiger partial charge in [-0.2, -0.15) is 0 Å². The topological polar surface area (TPSA) is 52.6 Å². The summed E-state index contributed by atoms with van der Waals surface area (Å²) in [6.45, 7) is 3.65. The van der Waals surface area contributed by atoms with E-state index in [1.807, 2.05) is 0 Å². The molecule has 1 aromatic rings. The molecular weight excluding hydrogens is 279 g/mol. The zero-order valence-corrected chi connectivity index (χ0v) is 11.5. The van der Waals surface area contributed by atoms with Crippen molar-refractivity contribution in [3.63, 3.8) is 0 Å². The molecule has 6 heteroatoms. The smallest absolute Gasteiger partial charge is 0.340 e. The van der Waals surface area contributed by atoms with Crippen LogP contribution in [0.3, 0.4) is 0 Å². The average Bonchev–Trinajstić information content (AvgIpc) is 2.32. The number of hydrogen-bond donors (Lipinski definition) is 0. The highest BCUT2D eigenvalue weighted by molar-refractivity contribution is 6.38. The third-order valence-corrected chi connectivity index (χ3v) is 2.69. The van der Waals surface area contributed by atoms with Gasteiger partial charge in [0.15, 0.2) is 0 Å². The highest BCUT2D eigenvalue weighted by Gasteiger charge is 2.25. The third kappa shape index (κ3) is 3.15. The van der Waals surface area contributed by atoms with Crippen LogP contribution in [-0.4, -0.2) is 25.2 Å². The lowest BCUT2D eigenvalue weighted by molar-refractivity contribution is 0.0479. The molecule has 18 heavy (non-hydrogen) atoms. The number of esters is 2. The zero-order chi connectivity index (χ0) is 13.7. The van der Waals surface area contributed by atoms with E-state index in [9.17, 15) is 9.59 Å². The summed E-state index contributed by atoms with van der Waals surface area (Å²) in [4.78, 5) is 23.5. The van der Waals surface area contributed by atoms with E-state index >= 15 is 0 Å². The summed E-state index contributed by atoms with van der Waals surface area (Å²) in [6, 6.07) is 2.86. The zero-order valence-electron chi connectivity index (χ0n) is 9.96. The molecule has 0 aliphatic carbocycles. The fourth-order valence-corrected chi connectivity index (χ4v) is 1.83. The molecule has 0 spiro atoms. The molecule has 1 aromatic carbocycles. The van der Waals surface area contributed by atoms with Crippen LogP contribution in [-0.2, 0) is 9.47 Å². The number of ether oxygens (including phenoxy) is 2. The second-order valence-corrected chi connectivity index (χ2v) is 4.03. The lowest BCUT2D eigenvalue weighted by Gasteiger charge is -2.11. The van der Waals surface area contributed by atoms with Crippen LogP contribution in [0.4, 0.5) is 0 Å². The van der Waals surface area contributed by atoms with Crippen LogP contribution in [0.2, 0.25) is 10.0 Å².